The van der Waals surface area contributed by atoms with E-state index in [4.69, 9.17) is 28.7 Å². The molecular formula is C34H30I2N2O8S. The second kappa shape index (κ2) is 15.5. The first kappa shape index (κ1) is 34.6. The molecule has 1 aromatic heterocycles. The Labute approximate surface area is 302 Å². The summed E-state index contributed by atoms with van der Waals surface area (Å²) in [5.41, 5.74) is 2.15. The summed E-state index contributed by atoms with van der Waals surface area (Å²) in [5, 5.41) is 0. The molecular weight excluding hydrogens is 850 g/mol. The number of ether oxygens (including phenoxy) is 5. The van der Waals surface area contributed by atoms with Gasteiger partial charge in [-0.2, -0.15) is 0 Å². The quantitative estimate of drug-likeness (QED) is 0.151. The van der Waals surface area contributed by atoms with Gasteiger partial charge in [0.15, 0.2) is 22.9 Å². The van der Waals surface area contributed by atoms with E-state index in [9.17, 15) is 14.4 Å². The molecule has 0 saturated heterocycles. The molecule has 0 radical (unpaired) electrons. The lowest BCUT2D eigenvalue weighted by Gasteiger charge is -2.26. The minimum Gasteiger partial charge on any atom is -0.493 e. The van der Waals surface area contributed by atoms with E-state index >= 15 is 0 Å². The fourth-order valence-electron chi connectivity index (χ4n) is 5.09. The average molecular weight is 880 g/mol. The lowest BCUT2D eigenvalue weighted by atomic mass is 9.93. The van der Waals surface area contributed by atoms with E-state index in [0.717, 1.165) is 7.14 Å². The molecule has 0 N–H and O–H groups in total. The van der Waals surface area contributed by atoms with Gasteiger partial charge in [0, 0.05) is 14.7 Å². The van der Waals surface area contributed by atoms with Crippen LogP contribution in [0.25, 0.3) is 11.8 Å². The number of methoxy groups -OCH3 is 2. The number of benzene rings is 3. The summed E-state index contributed by atoms with van der Waals surface area (Å²) >= 11 is 5.51. The predicted octanol–water partition coefficient (Wildman–Crippen LogP) is 5.10. The number of carbonyl (C=O) groups is 2. The van der Waals surface area contributed by atoms with Crippen LogP contribution in [0.2, 0.25) is 0 Å². The number of hydrogen-bond acceptors (Lipinski definition) is 10. The minimum atomic E-state index is -0.905. The molecule has 0 bridgehead atoms. The molecule has 1 aliphatic heterocycles. The van der Waals surface area contributed by atoms with Crippen molar-refractivity contribution < 1.29 is 33.3 Å². The van der Waals surface area contributed by atoms with Crippen LogP contribution in [-0.2, 0) is 19.1 Å². The number of fused-ring (bicyclic) bond motifs is 1. The average Bonchev–Trinajstić information content (AvgIpc) is 3.37. The minimum absolute atomic E-state index is 0.132. The predicted molar refractivity (Wildman–Crippen MR) is 195 cm³/mol. The molecule has 5 rings (SSSR count). The number of thiazole rings is 1. The lowest BCUT2D eigenvalue weighted by molar-refractivity contribution is -0.145. The van der Waals surface area contributed by atoms with Gasteiger partial charge >= 0.3 is 11.9 Å². The number of aromatic nitrogens is 1. The van der Waals surface area contributed by atoms with E-state index in [1.54, 1.807) is 38.1 Å². The summed E-state index contributed by atoms with van der Waals surface area (Å²) in [5.74, 6) is 0.286. The van der Waals surface area contributed by atoms with Gasteiger partial charge in [-0.3, -0.25) is 9.36 Å². The van der Waals surface area contributed by atoms with Crippen LogP contribution in [0.15, 0.2) is 76.0 Å². The maximum absolute atomic E-state index is 14.4. The van der Waals surface area contributed by atoms with Gasteiger partial charge in [0.2, 0.25) is 0 Å². The van der Waals surface area contributed by atoms with Crippen molar-refractivity contribution in [2.24, 2.45) is 4.99 Å². The molecule has 47 heavy (non-hydrogen) atoms. The largest absolute Gasteiger partial charge is 0.493 e. The molecule has 2 heterocycles. The highest BCUT2D eigenvalue weighted by Gasteiger charge is 2.35. The van der Waals surface area contributed by atoms with Crippen LogP contribution in [0.3, 0.4) is 0 Å². The first-order valence-electron chi connectivity index (χ1n) is 14.5. The third kappa shape index (κ3) is 7.41. The second-order valence-electron chi connectivity index (χ2n) is 9.95. The van der Waals surface area contributed by atoms with Gasteiger partial charge in [-0.25, -0.2) is 14.6 Å². The number of nitrogens with zero attached hydrogens (tertiary/aromatic N) is 2. The Balaban J connectivity index is 1.79. The van der Waals surface area contributed by atoms with E-state index in [0.29, 0.717) is 49.0 Å². The highest BCUT2D eigenvalue weighted by atomic mass is 127. The van der Waals surface area contributed by atoms with Crippen LogP contribution in [0.5, 0.6) is 17.2 Å². The molecule has 0 fully saturated rings. The van der Waals surface area contributed by atoms with Crippen LogP contribution in [0.4, 0.5) is 0 Å². The third-order valence-corrected chi connectivity index (χ3v) is 9.47. The van der Waals surface area contributed by atoms with Crippen molar-refractivity contribution in [2.75, 3.05) is 34.0 Å². The molecule has 0 aliphatic carbocycles. The van der Waals surface area contributed by atoms with Crippen molar-refractivity contribution in [3.05, 3.63) is 110 Å². The van der Waals surface area contributed by atoms with Crippen LogP contribution in [0, 0.1) is 7.14 Å². The number of carbonyl (C=O) groups excluding carboxylic acids is 2. The van der Waals surface area contributed by atoms with Crippen LogP contribution in [0.1, 0.15) is 36.6 Å². The third-order valence-electron chi connectivity index (χ3n) is 7.06. The molecule has 0 amide bonds. The molecule has 3 aromatic carbocycles. The first-order chi connectivity index (χ1) is 22.7. The summed E-state index contributed by atoms with van der Waals surface area (Å²) in [7, 11) is 3.06. The molecule has 1 aliphatic rings. The fourth-order valence-corrected chi connectivity index (χ4v) is 8.13. The van der Waals surface area contributed by atoms with Gasteiger partial charge < -0.3 is 23.7 Å². The molecule has 10 nitrogen and oxygen atoms in total. The van der Waals surface area contributed by atoms with Crippen LogP contribution < -0.4 is 29.1 Å². The Bertz CT molecular complexity index is 2040. The van der Waals surface area contributed by atoms with Crippen LogP contribution in [-0.4, -0.2) is 50.5 Å². The Morgan fingerprint density at radius 1 is 0.957 bits per heavy atom. The van der Waals surface area contributed by atoms with E-state index in [1.807, 2.05) is 42.5 Å². The standard InChI is InChI=1S/C34H30I2N2O8S/c1-5-44-27(39)18-46-31-21(14-22(35)17-23(31)36)16-26-32(40)38-30(20-12-13-24(42-3)25(15-20)43-4)28(33(41)45-6-2)29(37-34(38)47-26)19-10-8-7-9-11-19/h7-17,30H,5-6,18H2,1-4H3/b26-16-/t30-/m1/s1. The van der Waals surface area contributed by atoms with Gasteiger partial charge in [-0.15, -0.1) is 0 Å². The zero-order valence-electron chi connectivity index (χ0n) is 25.9. The van der Waals surface area contributed by atoms with E-state index in [1.165, 1.54) is 30.1 Å². The van der Waals surface area contributed by atoms with Crippen LogP contribution >= 0.6 is 56.5 Å². The van der Waals surface area contributed by atoms with Crippen molar-refractivity contribution >= 4 is 80.2 Å². The molecule has 0 unspecified atom stereocenters. The van der Waals surface area contributed by atoms with Crippen molar-refractivity contribution in [3.63, 3.8) is 0 Å². The smallest absolute Gasteiger partial charge is 0.344 e. The Kier molecular flexibility index (Phi) is 11.4. The summed E-state index contributed by atoms with van der Waals surface area (Å²) in [4.78, 5) is 45.6. The molecule has 0 spiro atoms. The van der Waals surface area contributed by atoms with Crippen molar-refractivity contribution in [3.8, 4) is 17.2 Å². The fraction of sp³-hybridized carbons (Fsp3) is 0.235. The van der Waals surface area contributed by atoms with E-state index < -0.39 is 18.0 Å². The summed E-state index contributed by atoms with van der Waals surface area (Å²) < 4.78 is 31.1. The second-order valence-corrected chi connectivity index (χ2v) is 13.4. The number of esters is 2. The van der Waals surface area contributed by atoms with Gasteiger partial charge in [0.05, 0.1) is 52.8 Å². The Hall–Kier alpha value is -3.70. The number of hydrogen-bond donors (Lipinski definition) is 0. The monoisotopic (exact) mass is 880 g/mol. The Morgan fingerprint density at radius 2 is 1.68 bits per heavy atom. The molecule has 1 atom stereocenters. The topological polar surface area (TPSA) is 115 Å². The van der Waals surface area contributed by atoms with E-state index in [-0.39, 0.29) is 31.0 Å². The Morgan fingerprint density at radius 3 is 2.36 bits per heavy atom. The zero-order valence-corrected chi connectivity index (χ0v) is 31.0. The van der Waals surface area contributed by atoms with Gasteiger partial charge in [-0.05, 0) is 94.9 Å². The normalized spacial score (nSPS) is 14.3. The molecule has 13 heteroatoms. The summed E-state index contributed by atoms with van der Waals surface area (Å²) in [6.45, 7) is 3.54. The highest BCUT2D eigenvalue weighted by molar-refractivity contribution is 14.1. The molecule has 4 aromatic rings. The molecule has 244 valence electrons. The zero-order chi connectivity index (χ0) is 33.7. The highest BCUT2D eigenvalue weighted by Crippen LogP contribution is 2.38. The summed E-state index contributed by atoms with van der Waals surface area (Å²) in [6.07, 6.45) is 1.72. The first-order valence-corrected chi connectivity index (χ1v) is 17.5. The van der Waals surface area contributed by atoms with Crippen molar-refractivity contribution in [1.82, 2.24) is 4.57 Å². The van der Waals surface area contributed by atoms with Crippen molar-refractivity contribution in [1.29, 1.82) is 0 Å². The number of rotatable bonds is 11. The van der Waals surface area contributed by atoms with Gasteiger partial charge in [0.1, 0.15) is 5.75 Å². The molecule has 0 saturated carbocycles. The van der Waals surface area contributed by atoms with Crippen molar-refractivity contribution in [2.45, 2.75) is 19.9 Å². The van der Waals surface area contributed by atoms with Gasteiger partial charge in [-0.1, -0.05) is 47.7 Å². The SMILES string of the molecule is CCOC(=O)COc1c(I)cc(I)cc1/C=c1\sc2n(c1=O)[C@H](c1ccc(OC)c(OC)c1)C(C(=O)OCC)=C(c1ccccc1)N=2. The lowest BCUT2D eigenvalue weighted by Crippen LogP contribution is -2.40. The van der Waals surface area contributed by atoms with E-state index in [2.05, 4.69) is 45.2 Å². The maximum Gasteiger partial charge on any atom is 0.344 e. The number of halogens is 2. The summed E-state index contributed by atoms with van der Waals surface area (Å²) in [6, 6.07) is 17.5. The van der Waals surface area contributed by atoms with Gasteiger partial charge in [0.25, 0.3) is 5.56 Å². The maximum atomic E-state index is 14.4.